The summed E-state index contributed by atoms with van der Waals surface area (Å²) in [5.74, 6) is 0.0727. The summed E-state index contributed by atoms with van der Waals surface area (Å²) in [6, 6.07) is 0. The van der Waals surface area contributed by atoms with Crippen LogP contribution in [0, 0.1) is 16.2 Å². The number of rotatable bonds is 30. The number of amides is 3. The van der Waals surface area contributed by atoms with Gasteiger partial charge in [0, 0.05) is 53.1 Å². The van der Waals surface area contributed by atoms with Crippen molar-refractivity contribution in [1.29, 1.82) is 0 Å². The van der Waals surface area contributed by atoms with Crippen molar-refractivity contribution in [3.63, 3.8) is 0 Å². The van der Waals surface area contributed by atoms with Crippen molar-refractivity contribution in [2.75, 3.05) is 114 Å². The number of nitrogens with zero attached hydrogens (tertiary/aromatic N) is 9. The number of nitrogens with one attached hydrogen (secondary N) is 6. The summed E-state index contributed by atoms with van der Waals surface area (Å²) >= 11 is 2.97. The molecule has 120 heavy (non-hydrogen) atoms. The maximum atomic E-state index is 13.2. The molecule has 15 N–H and O–H groups in total. The van der Waals surface area contributed by atoms with E-state index in [-0.39, 0.29) is 163 Å². The minimum Gasteiger partial charge on any atom is -0.450 e. The summed E-state index contributed by atoms with van der Waals surface area (Å²) in [6.07, 6.45) is -5.77. The number of thioether (sulfide) groups is 3. The quantitative estimate of drug-likeness (QED) is 0.0173. The molecule has 12 rings (SSSR count). The minimum absolute atomic E-state index is 0.000122. The van der Waals surface area contributed by atoms with Crippen LogP contribution in [-0.2, 0) is 97.2 Å². The number of ether oxygens (including phenoxy) is 6. The fourth-order valence-electron chi connectivity index (χ4n) is 12.9. The van der Waals surface area contributed by atoms with E-state index in [1.54, 1.807) is 62.3 Å². The van der Waals surface area contributed by atoms with Gasteiger partial charge in [-0.05, 0) is 60.8 Å². The van der Waals surface area contributed by atoms with E-state index < -0.39 is 147 Å². The van der Waals surface area contributed by atoms with Crippen molar-refractivity contribution in [2.45, 2.75) is 174 Å². The van der Waals surface area contributed by atoms with E-state index in [1.165, 1.54) is 53.5 Å². The second-order valence-electron chi connectivity index (χ2n) is 30.1. The zero-order valence-corrected chi connectivity index (χ0v) is 72.5. The van der Waals surface area contributed by atoms with Gasteiger partial charge < -0.3 is 76.9 Å². The van der Waals surface area contributed by atoms with E-state index in [9.17, 15) is 72.2 Å². The van der Waals surface area contributed by atoms with Gasteiger partial charge in [-0.3, -0.25) is 98.1 Å². The number of nitrogens with two attached hydrogens (primary N) is 3. The number of phosphoric ester groups is 3. The molecule has 54 heteroatoms. The predicted octanol–water partition coefficient (Wildman–Crippen LogP) is 3.94. The van der Waals surface area contributed by atoms with Crippen molar-refractivity contribution in [1.82, 2.24) is 74.5 Å². The highest BCUT2D eigenvalue weighted by molar-refractivity contribution is 8.14. The fraction of sp³-hybridized carbons (Fsp3) is 0.682. The Bertz CT molecular complexity index is 4570. The topological polar surface area (TPSA) is 658 Å². The summed E-state index contributed by atoms with van der Waals surface area (Å²) < 4.78 is 125. The minimum atomic E-state index is -4.11. The molecule has 15 atom stereocenters. The number of carbonyl (C=O) groups is 6. The largest absolute Gasteiger partial charge is 0.475 e. The lowest BCUT2D eigenvalue weighted by molar-refractivity contribution is -0.119. The van der Waals surface area contributed by atoms with Gasteiger partial charge in [-0.25, -0.2) is 43.0 Å². The number of anilines is 3. The number of nitrogen functional groups attached to an aromatic ring is 3. The van der Waals surface area contributed by atoms with E-state index in [4.69, 9.17) is 86.3 Å². The SMILES string of the molecule is CCOC(=O)NCCC(C)(C)C(=O)SCCOP1(=O)OC[C@H]2O[C@@H](n3cnc4c(=O)[nH]c(N)nc43)[C@](C)(O)[C@@H]2O1.CCOC(=O)NCCC(C)(C)C(=O)SCCO[P@@]1(=O)OC[C@H]2O[C@@H](n3cnc4c(=O)[nH]c(N)nc43)[C@](C)(O)[C@@H]2O1.CCOC(=O)NCCC(C)(C)C(=O)SCCO[P@]1(=O)OC[C@H]2O[C@@H](n3cnc4c(=O)[nH]c(N)nc43)[C@](C)(O)[C@@H]2O1. The summed E-state index contributed by atoms with van der Waals surface area (Å²) in [5, 5.41) is 41.4. The van der Waals surface area contributed by atoms with Crippen LogP contribution < -0.4 is 49.8 Å². The average Bonchev–Trinajstić information content (AvgIpc) is 1.59. The number of H-pyrrole nitrogens is 3. The van der Waals surface area contributed by atoms with Crippen molar-refractivity contribution in [3.8, 4) is 0 Å². The molecule has 0 saturated carbocycles. The fourth-order valence-corrected chi connectivity index (χ4v) is 20.2. The van der Waals surface area contributed by atoms with Gasteiger partial charge in [-0.15, -0.1) is 0 Å². The Balaban J connectivity index is 0.000000189. The van der Waals surface area contributed by atoms with Crippen LogP contribution in [0.15, 0.2) is 33.4 Å². The lowest BCUT2D eigenvalue weighted by Gasteiger charge is -2.35. The smallest absolute Gasteiger partial charge is 0.450 e. The van der Waals surface area contributed by atoms with E-state index in [0.717, 1.165) is 35.3 Å². The first kappa shape index (κ1) is 94.7. The van der Waals surface area contributed by atoms with Gasteiger partial charge >= 0.3 is 41.7 Å². The molecule has 6 aromatic rings. The molecule has 0 bridgehead atoms. The number of aliphatic hydroxyl groups is 3. The second-order valence-corrected chi connectivity index (χ2v) is 38.2. The third-order valence-electron chi connectivity index (χ3n) is 19.4. The monoisotopic (exact) mass is 1810 g/mol. The zero-order chi connectivity index (χ0) is 87.9. The maximum Gasteiger partial charge on any atom is 0.475 e. The van der Waals surface area contributed by atoms with Gasteiger partial charge in [0.25, 0.3) is 16.7 Å². The third kappa shape index (κ3) is 22.1. The molecule has 0 aromatic carbocycles. The van der Waals surface area contributed by atoms with Gasteiger partial charge in [0.15, 0.2) is 67.5 Å². The standard InChI is InChI=1S/3C22H33N6O10PS/c3*1-5-34-20(31)24-7-6-21(2,3)18(30)40-9-8-35-39(33)36-10-12-14(38-39)22(4,32)17(37-12)28-11-25-13-15(28)26-19(23)27-16(13)29/h3*11-12,14,17,32H,5-10H2,1-4H3,(H,24,31)(H3,23,26,27,29)/t12-,14-,17-,22-,39?;12-,14-,17-,22-,39+;12-,14-,17-,22-,39-/m111/s1. The molecule has 12 heterocycles. The Morgan fingerprint density at radius 3 is 0.975 bits per heavy atom. The van der Waals surface area contributed by atoms with Gasteiger partial charge in [0.05, 0.1) is 78.4 Å². The van der Waals surface area contributed by atoms with Crippen LogP contribution in [0.5, 0.6) is 0 Å². The number of alkyl carbamates (subject to hydrolysis) is 3. The number of hydrogen-bond donors (Lipinski definition) is 12. The summed E-state index contributed by atoms with van der Waals surface area (Å²) in [4.78, 5) is 140. The lowest BCUT2D eigenvalue weighted by Crippen LogP contribution is -2.47. The summed E-state index contributed by atoms with van der Waals surface area (Å²) in [5.41, 5.74) is 8.10. The number of fused-ring (bicyclic) bond motifs is 6. The Kier molecular flexibility index (Phi) is 30.5. The van der Waals surface area contributed by atoms with E-state index in [1.807, 2.05) is 0 Å². The Morgan fingerprint density at radius 1 is 0.483 bits per heavy atom. The average molecular weight is 1810 g/mol. The first-order valence-electron chi connectivity index (χ1n) is 37.6. The van der Waals surface area contributed by atoms with E-state index in [2.05, 4.69) is 60.8 Å². The van der Waals surface area contributed by atoms with Crippen molar-refractivity contribution in [3.05, 3.63) is 50.0 Å². The molecule has 3 amide bonds. The van der Waals surface area contributed by atoms with Crippen LogP contribution >= 0.6 is 58.8 Å². The van der Waals surface area contributed by atoms with Crippen LogP contribution in [0.2, 0.25) is 0 Å². The molecular formula is C66H99N18O30P3S3. The Hall–Kier alpha value is -7.59. The third-order valence-corrected chi connectivity index (χ3v) is 27.3. The Labute approximate surface area is 696 Å². The van der Waals surface area contributed by atoms with Gasteiger partial charge in [0.1, 0.15) is 53.4 Å². The molecule has 6 fully saturated rings. The molecule has 6 aromatic heterocycles. The highest BCUT2D eigenvalue weighted by Gasteiger charge is 2.63. The van der Waals surface area contributed by atoms with Crippen LogP contribution in [0.25, 0.3) is 33.5 Å². The number of carbonyl (C=O) groups excluding carboxylic acids is 6. The maximum absolute atomic E-state index is 13.2. The molecular weight excluding hydrogens is 1710 g/mol. The molecule has 666 valence electrons. The number of phosphoric acid groups is 3. The zero-order valence-electron chi connectivity index (χ0n) is 67.3. The highest BCUT2D eigenvalue weighted by atomic mass is 32.2. The number of aromatic amines is 3. The molecule has 6 aliphatic heterocycles. The molecule has 48 nitrogen and oxygen atoms in total. The summed E-state index contributed by atoms with van der Waals surface area (Å²) in [6.45, 7) is 20.5. The predicted molar refractivity (Wildman–Crippen MR) is 427 cm³/mol. The summed E-state index contributed by atoms with van der Waals surface area (Å²) in [7, 11) is -12.3. The number of aromatic nitrogens is 12. The number of imidazole rings is 3. The molecule has 6 saturated heterocycles. The van der Waals surface area contributed by atoms with Crippen LogP contribution in [-0.4, -0.2) is 257 Å². The molecule has 0 spiro atoms. The first-order chi connectivity index (χ1) is 56.3. The van der Waals surface area contributed by atoms with Crippen molar-refractivity contribution in [2.24, 2.45) is 16.2 Å². The molecule has 0 radical (unpaired) electrons. The molecule has 6 aliphatic rings. The van der Waals surface area contributed by atoms with Gasteiger partial charge in [-0.2, -0.15) is 15.0 Å². The van der Waals surface area contributed by atoms with Crippen LogP contribution in [0.1, 0.15) is 121 Å². The van der Waals surface area contributed by atoms with Crippen LogP contribution in [0.4, 0.5) is 32.2 Å². The van der Waals surface area contributed by atoms with Crippen LogP contribution in [0.3, 0.4) is 0 Å². The van der Waals surface area contributed by atoms with Crippen molar-refractivity contribution < 1.29 is 127 Å². The normalized spacial score (nSPS) is 28.4. The molecule has 0 aliphatic carbocycles. The second kappa shape index (κ2) is 38.7. The molecule has 1 unspecified atom stereocenters. The van der Waals surface area contributed by atoms with E-state index >= 15 is 0 Å². The number of hydrogen-bond acceptors (Lipinski definition) is 42. The van der Waals surface area contributed by atoms with Gasteiger partial charge in [-0.1, -0.05) is 76.8 Å². The van der Waals surface area contributed by atoms with E-state index in [0.29, 0.717) is 19.3 Å². The van der Waals surface area contributed by atoms with Gasteiger partial charge in [0.2, 0.25) is 17.8 Å². The lowest BCUT2D eigenvalue weighted by atomic mass is 9.91. The first-order valence-corrected chi connectivity index (χ1v) is 44.9. The van der Waals surface area contributed by atoms with Crippen molar-refractivity contribution >= 4 is 144 Å². The highest BCUT2D eigenvalue weighted by Crippen LogP contribution is 2.62. The Morgan fingerprint density at radius 2 is 0.733 bits per heavy atom.